The molecule has 2 N–H and O–H groups in total. The zero-order valence-corrected chi connectivity index (χ0v) is 12.8. The first-order chi connectivity index (χ1) is 9.20. The maximum Gasteiger partial charge on any atom is 0.0879 e. The zero-order chi connectivity index (χ0) is 13.7. The van der Waals surface area contributed by atoms with Gasteiger partial charge >= 0.3 is 0 Å². The summed E-state index contributed by atoms with van der Waals surface area (Å²) in [6.07, 6.45) is 3.83. The van der Waals surface area contributed by atoms with E-state index in [2.05, 4.69) is 19.1 Å². The van der Waals surface area contributed by atoms with Crippen LogP contribution < -0.4 is 5.73 Å². The largest absolute Gasteiger partial charge is 0.381 e. The van der Waals surface area contributed by atoms with Crippen molar-refractivity contribution < 1.29 is 9.47 Å². The third kappa shape index (κ3) is 3.57. The van der Waals surface area contributed by atoms with Crippen molar-refractivity contribution in [1.29, 1.82) is 0 Å². The van der Waals surface area contributed by atoms with Gasteiger partial charge in [0, 0.05) is 48.5 Å². The standard InChI is InChI=1S/C15H25NO2S/c1-3-12-5-6-13(19-12)11-14(16)15(18-4-2)7-9-17-10-8-15/h5-6,14H,3-4,7-11,16H2,1-2H3. The number of thiophene rings is 1. The molecule has 1 aromatic heterocycles. The molecule has 0 aliphatic carbocycles. The number of ether oxygens (including phenoxy) is 2. The first-order valence-electron chi connectivity index (χ1n) is 7.25. The van der Waals surface area contributed by atoms with E-state index < -0.39 is 0 Å². The number of rotatable bonds is 6. The lowest BCUT2D eigenvalue weighted by Crippen LogP contribution is -2.54. The van der Waals surface area contributed by atoms with Gasteiger partial charge in [0.2, 0.25) is 0 Å². The normalized spacial score (nSPS) is 20.4. The smallest absolute Gasteiger partial charge is 0.0879 e. The Morgan fingerprint density at radius 2 is 2.00 bits per heavy atom. The molecule has 1 aromatic rings. The third-order valence-electron chi connectivity index (χ3n) is 3.93. The Morgan fingerprint density at radius 1 is 1.32 bits per heavy atom. The lowest BCUT2D eigenvalue weighted by atomic mass is 9.84. The van der Waals surface area contributed by atoms with E-state index in [1.165, 1.54) is 9.75 Å². The number of hydrogen-bond donors (Lipinski definition) is 1. The molecule has 1 atom stereocenters. The molecule has 3 nitrogen and oxygen atoms in total. The molecule has 1 aliphatic rings. The Morgan fingerprint density at radius 3 is 2.58 bits per heavy atom. The molecule has 1 aliphatic heterocycles. The monoisotopic (exact) mass is 283 g/mol. The van der Waals surface area contributed by atoms with Crippen molar-refractivity contribution in [3.63, 3.8) is 0 Å². The van der Waals surface area contributed by atoms with Gasteiger partial charge in [-0.1, -0.05) is 6.92 Å². The van der Waals surface area contributed by atoms with Gasteiger partial charge in [0.1, 0.15) is 0 Å². The van der Waals surface area contributed by atoms with E-state index in [-0.39, 0.29) is 11.6 Å². The quantitative estimate of drug-likeness (QED) is 0.873. The van der Waals surface area contributed by atoms with Gasteiger partial charge in [-0.3, -0.25) is 0 Å². The predicted molar refractivity (Wildman–Crippen MR) is 79.8 cm³/mol. The maximum atomic E-state index is 6.48. The van der Waals surface area contributed by atoms with Crippen molar-refractivity contribution in [3.8, 4) is 0 Å². The molecular formula is C15H25NO2S. The summed E-state index contributed by atoms with van der Waals surface area (Å²) in [5, 5.41) is 0. The summed E-state index contributed by atoms with van der Waals surface area (Å²) in [4.78, 5) is 2.80. The van der Waals surface area contributed by atoms with Gasteiger partial charge in [0.25, 0.3) is 0 Å². The minimum atomic E-state index is -0.191. The Bertz CT molecular complexity index is 380. The summed E-state index contributed by atoms with van der Waals surface area (Å²) >= 11 is 1.88. The van der Waals surface area contributed by atoms with Crippen LogP contribution in [0.5, 0.6) is 0 Å². The number of nitrogens with two attached hydrogens (primary N) is 1. The third-order valence-corrected chi connectivity index (χ3v) is 5.19. The summed E-state index contributed by atoms with van der Waals surface area (Å²) < 4.78 is 11.5. The fourth-order valence-electron chi connectivity index (χ4n) is 2.75. The number of aryl methyl sites for hydroxylation is 1. The molecular weight excluding hydrogens is 258 g/mol. The minimum absolute atomic E-state index is 0.0553. The molecule has 0 bridgehead atoms. The van der Waals surface area contributed by atoms with Crippen molar-refractivity contribution in [2.45, 2.75) is 51.2 Å². The summed E-state index contributed by atoms with van der Waals surface area (Å²) in [7, 11) is 0. The Hall–Kier alpha value is -0.420. The average molecular weight is 283 g/mol. The Balaban J connectivity index is 2.04. The highest BCUT2D eigenvalue weighted by atomic mass is 32.1. The average Bonchev–Trinajstić information content (AvgIpc) is 2.88. The van der Waals surface area contributed by atoms with Crippen LogP contribution >= 0.6 is 11.3 Å². The van der Waals surface area contributed by atoms with E-state index >= 15 is 0 Å². The molecule has 0 radical (unpaired) electrons. The van der Waals surface area contributed by atoms with Crippen molar-refractivity contribution in [1.82, 2.24) is 0 Å². The highest BCUT2D eigenvalue weighted by Gasteiger charge is 2.39. The summed E-state index contributed by atoms with van der Waals surface area (Å²) in [6, 6.07) is 4.48. The van der Waals surface area contributed by atoms with Crippen LogP contribution in [0.25, 0.3) is 0 Å². The SMILES string of the molecule is CCOC1(C(N)Cc2ccc(CC)s2)CCOCC1. The summed E-state index contributed by atoms with van der Waals surface area (Å²) in [5.74, 6) is 0. The van der Waals surface area contributed by atoms with Crippen molar-refractivity contribution in [3.05, 3.63) is 21.9 Å². The van der Waals surface area contributed by atoms with E-state index in [9.17, 15) is 0 Å². The second-order valence-electron chi connectivity index (χ2n) is 5.14. The highest BCUT2D eigenvalue weighted by Crippen LogP contribution is 2.31. The molecule has 108 valence electrons. The van der Waals surface area contributed by atoms with Crippen LogP contribution in [0.15, 0.2) is 12.1 Å². The van der Waals surface area contributed by atoms with Crippen LogP contribution in [0.2, 0.25) is 0 Å². The lowest BCUT2D eigenvalue weighted by molar-refractivity contribution is -0.120. The molecule has 0 saturated carbocycles. The first kappa shape index (κ1) is 15.0. The van der Waals surface area contributed by atoms with Crippen LogP contribution in [0.3, 0.4) is 0 Å². The molecule has 19 heavy (non-hydrogen) atoms. The van der Waals surface area contributed by atoms with Gasteiger partial charge in [0.15, 0.2) is 0 Å². The van der Waals surface area contributed by atoms with E-state index in [0.717, 1.165) is 45.5 Å². The molecule has 0 amide bonds. The summed E-state index contributed by atoms with van der Waals surface area (Å²) in [5.41, 5.74) is 6.29. The Kier molecular flexibility index (Phi) is 5.39. The van der Waals surface area contributed by atoms with Gasteiger partial charge in [-0.2, -0.15) is 0 Å². The van der Waals surface area contributed by atoms with Gasteiger partial charge in [-0.25, -0.2) is 0 Å². The van der Waals surface area contributed by atoms with Crippen LogP contribution in [0.1, 0.15) is 36.4 Å². The molecule has 2 heterocycles. The predicted octanol–water partition coefficient (Wildman–Crippen LogP) is 2.77. The number of hydrogen-bond acceptors (Lipinski definition) is 4. The van der Waals surface area contributed by atoms with Crippen LogP contribution in [0.4, 0.5) is 0 Å². The Labute approximate surface area is 120 Å². The summed E-state index contributed by atoms with van der Waals surface area (Å²) in [6.45, 7) is 6.48. The molecule has 1 fully saturated rings. The second-order valence-corrected chi connectivity index (χ2v) is 6.40. The molecule has 0 spiro atoms. The second kappa shape index (κ2) is 6.84. The zero-order valence-electron chi connectivity index (χ0n) is 12.0. The van der Waals surface area contributed by atoms with E-state index in [1.807, 2.05) is 18.3 Å². The van der Waals surface area contributed by atoms with E-state index in [4.69, 9.17) is 15.2 Å². The van der Waals surface area contributed by atoms with E-state index in [0.29, 0.717) is 0 Å². The molecule has 1 saturated heterocycles. The molecule has 2 rings (SSSR count). The highest BCUT2D eigenvalue weighted by molar-refractivity contribution is 7.11. The van der Waals surface area contributed by atoms with Gasteiger partial charge in [-0.15, -0.1) is 11.3 Å². The molecule has 1 unspecified atom stereocenters. The van der Waals surface area contributed by atoms with Gasteiger partial charge in [0.05, 0.1) is 5.60 Å². The lowest BCUT2D eigenvalue weighted by Gasteiger charge is -2.41. The fourth-order valence-corrected chi connectivity index (χ4v) is 3.77. The van der Waals surface area contributed by atoms with E-state index in [1.54, 1.807) is 0 Å². The molecule has 0 aromatic carbocycles. The topological polar surface area (TPSA) is 44.5 Å². The van der Waals surface area contributed by atoms with Crippen LogP contribution in [0, 0.1) is 0 Å². The van der Waals surface area contributed by atoms with Gasteiger partial charge in [-0.05, 0) is 31.9 Å². The maximum absolute atomic E-state index is 6.48. The van der Waals surface area contributed by atoms with Crippen molar-refractivity contribution in [2.24, 2.45) is 5.73 Å². The first-order valence-corrected chi connectivity index (χ1v) is 8.06. The van der Waals surface area contributed by atoms with Crippen molar-refractivity contribution >= 4 is 11.3 Å². The minimum Gasteiger partial charge on any atom is -0.381 e. The van der Waals surface area contributed by atoms with Crippen molar-refractivity contribution in [2.75, 3.05) is 19.8 Å². The van der Waals surface area contributed by atoms with Crippen LogP contribution in [-0.2, 0) is 22.3 Å². The fraction of sp³-hybridized carbons (Fsp3) is 0.733. The molecule has 4 heteroatoms. The van der Waals surface area contributed by atoms with Gasteiger partial charge < -0.3 is 15.2 Å². The van der Waals surface area contributed by atoms with Crippen LogP contribution in [-0.4, -0.2) is 31.5 Å².